The van der Waals surface area contributed by atoms with Crippen LogP contribution < -0.4 is 10.5 Å². The molecule has 2 fully saturated rings. The lowest BCUT2D eigenvalue weighted by Gasteiger charge is -2.31. The Balaban J connectivity index is 1.64. The van der Waals surface area contributed by atoms with E-state index in [1.165, 1.54) is 50.6 Å². The first kappa shape index (κ1) is 14.9. The van der Waals surface area contributed by atoms with E-state index in [2.05, 4.69) is 17.0 Å². The van der Waals surface area contributed by atoms with Crippen molar-refractivity contribution in [2.75, 3.05) is 20.2 Å². The monoisotopic (exact) mass is 288 g/mol. The Hall–Kier alpha value is -1.06. The number of nitrogens with two attached hydrogens (primary N) is 1. The number of nitrogens with zero attached hydrogens (tertiary/aromatic N) is 1. The molecule has 0 spiro atoms. The lowest BCUT2D eigenvalue weighted by Crippen LogP contribution is -2.39. The van der Waals surface area contributed by atoms with Crippen LogP contribution in [0.25, 0.3) is 0 Å². The number of ether oxygens (including phenoxy) is 1. The van der Waals surface area contributed by atoms with Crippen LogP contribution in [0.1, 0.15) is 50.1 Å². The molecule has 1 heterocycles. The number of methoxy groups -OCH3 is 1. The Morgan fingerprint density at radius 1 is 1.24 bits per heavy atom. The predicted octanol–water partition coefficient (Wildman–Crippen LogP) is 3.35. The van der Waals surface area contributed by atoms with E-state index in [0.29, 0.717) is 0 Å². The summed E-state index contributed by atoms with van der Waals surface area (Å²) in [5.41, 5.74) is 7.65. The van der Waals surface area contributed by atoms with Gasteiger partial charge < -0.3 is 10.5 Å². The minimum Gasteiger partial charge on any atom is -0.497 e. The standard InChI is InChI=1S/C18H28N2O/c1-21-16-9-4-8-15(12-16)17(19)13-20-11-5-10-18(20)14-6-2-3-7-14/h4,8-9,12,14,17-18H,2-3,5-7,10-11,13,19H2,1H3. The lowest BCUT2D eigenvalue weighted by atomic mass is 9.95. The van der Waals surface area contributed by atoms with Crippen molar-refractivity contribution in [3.63, 3.8) is 0 Å². The molecule has 1 aromatic carbocycles. The molecule has 3 rings (SSSR count). The first-order valence-electron chi connectivity index (χ1n) is 8.41. The molecule has 1 aromatic rings. The first-order chi connectivity index (χ1) is 10.3. The van der Waals surface area contributed by atoms with E-state index in [0.717, 1.165) is 24.3 Å². The molecule has 1 saturated carbocycles. The molecule has 1 saturated heterocycles. The molecule has 0 aromatic heterocycles. The summed E-state index contributed by atoms with van der Waals surface area (Å²) in [7, 11) is 1.71. The van der Waals surface area contributed by atoms with E-state index in [4.69, 9.17) is 10.5 Å². The van der Waals surface area contributed by atoms with E-state index < -0.39 is 0 Å². The highest BCUT2D eigenvalue weighted by molar-refractivity contribution is 5.30. The van der Waals surface area contributed by atoms with Crippen molar-refractivity contribution in [1.82, 2.24) is 4.90 Å². The summed E-state index contributed by atoms with van der Waals surface area (Å²) < 4.78 is 5.31. The molecule has 2 N–H and O–H groups in total. The Bertz CT molecular complexity index is 456. The van der Waals surface area contributed by atoms with Gasteiger partial charge in [-0.25, -0.2) is 0 Å². The Morgan fingerprint density at radius 3 is 2.81 bits per heavy atom. The van der Waals surface area contributed by atoms with Crippen LogP contribution in [0.2, 0.25) is 0 Å². The molecule has 0 radical (unpaired) electrons. The summed E-state index contributed by atoms with van der Waals surface area (Å²) in [5.74, 6) is 1.82. The van der Waals surface area contributed by atoms with Gasteiger partial charge in [0.1, 0.15) is 5.75 Å². The molecule has 2 atom stereocenters. The molecule has 1 aliphatic carbocycles. The Morgan fingerprint density at radius 2 is 2.05 bits per heavy atom. The van der Waals surface area contributed by atoms with Gasteiger partial charge in [-0.1, -0.05) is 25.0 Å². The fourth-order valence-electron chi connectivity index (χ4n) is 4.18. The second-order valence-electron chi connectivity index (χ2n) is 6.63. The van der Waals surface area contributed by atoms with Crippen LogP contribution in [0.4, 0.5) is 0 Å². The third-order valence-corrected chi connectivity index (χ3v) is 5.31. The maximum Gasteiger partial charge on any atom is 0.119 e. The summed E-state index contributed by atoms with van der Waals surface area (Å²) in [4.78, 5) is 2.65. The molecule has 3 nitrogen and oxygen atoms in total. The zero-order valence-electron chi connectivity index (χ0n) is 13.1. The topological polar surface area (TPSA) is 38.5 Å². The van der Waals surface area contributed by atoms with Gasteiger partial charge in [-0.2, -0.15) is 0 Å². The first-order valence-corrected chi connectivity index (χ1v) is 8.41. The maximum absolute atomic E-state index is 6.46. The molecular formula is C18H28N2O. The number of hydrogen-bond donors (Lipinski definition) is 1. The smallest absolute Gasteiger partial charge is 0.119 e. The minimum atomic E-state index is 0.0853. The van der Waals surface area contributed by atoms with Crippen molar-refractivity contribution >= 4 is 0 Å². The third-order valence-electron chi connectivity index (χ3n) is 5.31. The number of benzene rings is 1. The molecule has 3 heteroatoms. The van der Waals surface area contributed by atoms with Gasteiger partial charge in [0, 0.05) is 18.6 Å². The molecular weight excluding hydrogens is 260 g/mol. The van der Waals surface area contributed by atoms with E-state index in [-0.39, 0.29) is 6.04 Å². The van der Waals surface area contributed by atoms with Gasteiger partial charge in [0.2, 0.25) is 0 Å². The number of likely N-dealkylation sites (tertiary alicyclic amines) is 1. The summed E-state index contributed by atoms with van der Waals surface area (Å²) in [6, 6.07) is 9.07. The van der Waals surface area contributed by atoms with Crippen LogP contribution in [0.3, 0.4) is 0 Å². The highest BCUT2D eigenvalue weighted by atomic mass is 16.5. The number of rotatable bonds is 5. The SMILES string of the molecule is COc1cccc(C(N)CN2CCCC2C2CCCC2)c1. The maximum atomic E-state index is 6.46. The Kier molecular flexibility index (Phi) is 4.81. The molecule has 0 amide bonds. The highest BCUT2D eigenvalue weighted by Crippen LogP contribution is 2.36. The van der Waals surface area contributed by atoms with Gasteiger partial charge in [0.05, 0.1) is 7.11 Å². The van der Waals surface area contributed by atoms with Crippen molar-refractivity contribution in [3.05, 3.63) is 29.8 Å². The van der Waals surface area contributed by atoms with Crippen molar-refractivity contribution in [2.45, 2.75) is 50.6 Å². The second kappa shape index (κ2) is 6.80. The van der Waals surface area contributed by atoms with Crippen LogP contribution >= 0.6 is 0 Å². The van der Waals surface area contributed by atoms with Crippen LogP contribution in [0.15, 0.2) is 24.3 Å². The van der Waals surface area contributed by atoms with Crippen molar-refractivity contribution < 1.29 is 4.74 Å². The van der Waals surface area contributed by atoms with Crippen LogP contribution in [-0.2, 0) is 0 Å². The van der Waals surface area contributed by atoms with E-state index in [9.17, 15) is 0 Å². The van der Waals surface area contributed by atoms with Crippen LogP contribution in [0, 0.1) is 5.92 Å². The van der Waals surface area contributed by atoms with E-state index in [1.54, 1.807) is 7.11 Å². The van der Waals surface area contributed by atoms with Crippen LogP contribution in [0.5, 0.6) is 5.75 Å². The minimum absolute atomic E-state index is 0.0853. The van der Waals surface area contributed by atoms with E-state index >= 15 is 0 Å². The van der Waals surface area contributed by atoms with Crippen molar-refractivity contribution in [1.29, 1.82) is 0 Å². The van der Waals surface area contributed by atoms with Gasteiger partial charge >= 0.3 is 0 Å². The predicted molar refractivity (Wildman–Crippen MR) is 86.5 cm³/mol. The molecule has 0 bridgehead atoms. The molecule has 21 heavy (non-hydrogen) atoms. The Labute approximate surface area is 128 Å². The normalized spacial score (nSPS) is 25.3. The molecule has 116 valence electrons. The number of hydrogen-bond acceptors (Lipinski definition) is 3. The second-order valence-corrected chi connectivity index (χ2v) is 6.63. The average Bonchev–Trinajstić information content (AvgIpc) is 3.18. The quantitative estimate of drug-likeness (QED) is 0.903. The molecule has 2 unspecified atom stereocenters. The summed E-state index contributed by atoms with van der Waals surface area (Å²) in [6.45, 7) is 2.20. The van der Waals surface area contributed by atoms with Gasteiger partial charge in [0.15, 0.2) is 0 Å². The fraction of sp³-hybridized carbons (Fsp3) is 0.667. The van der Waals surface area contributed by atoms with Gasteiger partial charge in [-0.05, 0) is 55.8 Å². The zero-order valence-corrected chi connectivity index (χ0v) is 13.1. The molecule has 2 aliphatic rings. The lowest BCUT2D eigenvalue weighted by molar-refractivity contribution is 0.181. The summed E-state index contributed by atoms with van der Waals surface area (Å²) >= 11 is 0. The molecule has 1 aliphatic heterocycles. The van der Waals surface area contributed by atoms with Crippen LogP contribution in [-0.4, -0.2) is 31.1 Å². The van der Waals surface area contributed by atoms with Gasteiger partial charge in [-0.3, -0.25) is 4.90 Å². The largest absolute Gasteiger partial charge is 0.497 e. The van der Waals surface area contributed by atoms with Crippen molar-refractivity contribution in [3.8, 4) is 5.75 Å². The van der Waals surface area contributed by atoms with Crippen molar-refractivity contribution in [2.24, 2.45) is 11.7 Å². The fourth-order valence-corrected chi connectivity index (χ4v) is 4.18. The van der Waals surface area contributed by atoms with Gasteiger partial charge in [0.25, 0.3) is 0 Å². The van der Waals surface area contributed by atoms with E-state index in [1.807, 2.05) is 12.1 Å². The van der Waals surface area contributed by atoms with Gasteiger partial charge in [-0.15, -0.1) is 0 Å². The average molecular weight is 288 g/mol. The zero-order chi connectivity index (χ0) is 14.7. The summed E-state index contributed by atoms with van der Waals surface area (Å²) in [5, 5.41) is 0. The third kappa shape index (κ3) is 3.41. The highest BCUT2D eigenvalue weighted by Gasteiger charge is 2.33. The summed E-state index contributed by atoms with van der Waals surface area (Å²) in [6.07, 6.45) is 8.42.